The van der Waals surface area contributed by atoms with Crippen LogP contribution in [0.15, 0.2) is 72.8 Å². The minimum Gasteiger partial charge on any atom is -0.494 e. The highest BCUT2D eigenvalue weighted by Gasteiger charge is 2.23. The Balaban J connectivity index is 1.61. The molecule has 1 aromatic heterocycles. The van der Waals surface area contributed by atoms with Crippen LogP contribution in [0.25, 0.3) is 10.2 Å². The molecule has 0 aliphatic rings. The molecule has 0 spiro atoms. The largest absolute Gasteiger partial charge is 0.494 e. The summed E-state index contributed by atoms with van der Waals surface area (Å²) in [5, 5.41) is 0.699. The fourth-order valence-corrected chi connectivity index (χ4v) is 5.02. The van der Waals surface area contributed by atoms with E-state index in [4.69, 9.17) is 9.72 Å². The van der Waals surface area contributed by atoms with Gasteiger partial charge in [0.2, 0.25) is 0 Å². The van der Waals surface area contributed by atoms with Crippen molar-refractivity contribution < 1.29 is 9.53 Å². The maximum atomic E-state index is 13.7. The lowest BCUT2D eigenvalue weighted by molar-refractivity contribution is 0.0983. The Hall–Kier alpha value is -3.22. The third-order valence-electron chi connectivity index (χ3n) is 6.05. The van der Waals surface area contributed by atoms with Gasteiger partial charge in [0.05, 0.1) is 11.8 Å². The smallest absolute Gasteiger partial charge is 0.260 e. The van der Waals surface area contributed by atoms with E-state index in [-0.39, 0.29) is 5.91 Å². The van der Waals surface area contributed by atoms with Crippen molar-refractivity contribution >= 4 is 32.6 Å². The van der Waals surface area contributed by atoms with Gasteiger partial charge < -0.3 is 9.64 Å². The summed E-state index contributed by atoms with van der Waals surface area (Å²) in [5.41, 5.74) is 3.90. The number of thiazole rings is 1. The van der Waals surface area contributed by atoms with Gasteiger partial charge in [0.15, 0.2) is 5.13 Å². The topological polar surface area (TPSA) is 45.7 Å². The Morgan fingerprint density at radius 1 is 0.882 bits per heavy atom. The highest BCUT2D eigenvalue weighted by Crippen LogP contribution is 2.34. The van der Waals surface area contributed by atoms with Crippen LogP contribution in [0.4, 0.5) is 5.13 Å². The Kier molecular flexibility index (Phi) is 7.93. The van der Waals surface area contributed by atoms with Crippen LogP contribution in [0.5, 0.6) is 5.75 Å². The number of methoxy groups -OCH3 is 1. The average Bonchev–Trinajstić information content (AvgIpc) is 3.31. The minimum atomic E-state index is -0.0311. The first kappa shape index (κ1) is 23.9. The number of likely N-dealkylation sites (N-methyl/N-ethyl adjacent to an activating group) is 1. The molecule has 1 heterocycles. The van der Waals surface area contributed by atoms with Crippen LogP contribution >= 0.6 is 11.3 Å². The maximum absolute atomic E-state index is 13.7. The lowest BCUT2D eigenvalue weighted by Crippen LogP contribution is -2.38. The SMILES string of the molecule is CCN(CC)CCN(C(=O)c1ccc(Cc2ccccc2)cc1)c1nc2c(OC)cccc2s1. The van der Waals surface area contributed by atoms with Crippen LogP contribution in [0, 0.1) is 0 Å². The zero-order valence-electron chi connectivity index (χ0n) is 20.0. The third kappa shape index (κ3) is 5.46. The van der Waals surface area contributed by atoms with Gasteiger partial charge in [-0.1, -0.05) is 73.7 Å². The monoisotopic (exact) mass is 473 g/mol. The second-order valence-electron chi connectivity index (χ2n) is 8.15. The van der Waals surface area contributed by atoms with Crippen LogP contribution in [-0.2, 0) is 6.42 Å². The molecule has 0 saturated carbocycles. The minimum absolute atomic E-state index is 0.0311. The molecule has 0 N–H and O–H groups in total. The highest BCUT2D eigenvalue weighted by molar-refractivity contribution is 7.22. The Morgan fingerprint density at radius 3 is 2.26 bits per heavy atom. The van der Waals surface area contributed by atoms with Crippen LogP contribution in [0.1, 0.15) is 35.3 Å². The van der Waals surface area contributed by atoms with E-state index < -0.39 is 0 Å². The van der Waals surface area contributed by atoms with E-state index in [1.54, 1.807) is 7.11 Å². The van der Waals surface area contributed by atoms with E-state index in [1.807, 2.05) is 65.6 Å². The zero-order valence-corrected chi connectivity index (χ0v) is 20.8. The lowest BCUT2D eigenvalue weighted by atomic mass is 10.0. The van der Waals surface area contributed by atoms with Gasteiger partial charge in [0.1, 0.15) is 11.3 Å². The first-order chi connectivity index (χ1) is 16.6. The van der Waals surface area contributed by atoms with E-state index in [9.17, 15) is 4.79 Å². The molecule has 0 aliphatic carbocycles. The normalized spacial score (nSPS) is 11.2. The molecule has 4 aromatic rings. The van der Waals surface area contributed by atoms with Crippen molar-refractivity contribution in [1.29, 1.82) is 0 Å². The van der Waals surface area contributed by atoms with Crippen molar-refractivity contribution in [1.82, 2.24) is 9.88 Å². The van der Waals surface area contributed by atoms with E-state index in [1.165, 1.54) is 22.5 Å². The second-order valence-corrected chi connectivity index (χ2v) is 9.16. The molecule has 0 fully saturated rings. The summed E-state index contributed by atoms with van der Waals surface area (Å²) in [5.74, 6) is 0.692. The Bertz CT molecular complexity index is 1220. The van der Waals surface area contributed by atoms with Crippen LogP contribution in [0.3, 0.4) is 0 Å². The number of benzene rings is 3. The number of fused-ring (bicyclic) bond motifs is 1. The molecule has 3 aromatic carbocycles. The molecular weight excluding hydrogens is 442 g/mol. The number of anilines is 1. The van der Waals surface area contributed by atoms with E-state index in [0.29, 0.717) is 17.2 Å². The first-order valence-corrected chi connectivity index (χ1v) is 12.5. The second kappa shape index (κ2) is 11.3. The molecule has 1 amide bonds. The number of rotatable bonds is 10. The van der Waals surface area contributed by atoms with Gasteiger partial charge >= 0.3 is 0 Å². The quantitative estimate of drug-likeness (QED) is 0.288. The highest BCUT2D eigenvalue weighted by atomic mass is 32.1. The average molecular weight is 474 g/mol. The summed E-state index contributed by atoms with van der Waals surface area (Å²) in [4.78, 5) is 22.6. The number of ether oxygens (including phenoxy) is 1. The van der Waals surface area contributed by atoms with Crippen LogP contribution in [-0.4, -0.2) is 49.1 Å². The number of hydrogen-bond acceptors (Lipinski definition) is 5. The van der Waals surface area contributed by atoms with Crippen molar-refractivity contribution in [3.05, 3.63) is 89.5 Å². The molecular formula is C28H31N3O2S. The molecule has 0 bridgehead atoms. The van der Waals surface area contributed by atoms with Crippen molar-refractivity contribution in [3.63, 3.8) is 0 Å². The lowest BCUT2D eigenvalue weighted by Gasteiger charge is -2.24. The number of carbonyl (C=O) groups is 1. The predicted octanol–water partition coefficient (Wildman–Crippen LogP) is 5.88. The molecule has 4 rings (SSSR count). The summed E-state index contributed by atoms with van der Waals surface area (Å²) in [7, 11) is 1.65. The fourth-order valence-electron chi connectivity index (χ4n) is 4.01. The molecule has 34 heavy (non-hydrogen) atoms. The predicted molar refractivity (Wildman–Crippen MR) is 141 cm³/mol. The number of carbonyl (C=O) groups excluding carboxylic acids is 1. The van der Waals surface area contributed by atoms with Gasteiger partial charge in [-0.05, 0) is 54.9 Å². The summed E-state index contributed by atoms with van der Waals surface area (Å²) in [6.07, 6.45) is 0.846. The van der Waals surface area contributed by atoms with Gasteiger partial charge in [-0.2, -0.15) is 0 Å². The van der Waals surface area contributed by atoms with Gasteiger partial charge in [-0.15, -0.1) is 0 Å². The molecule has 0 atom stereocenters. The zero-order chi connectivity index (χ0) is 23.9. The number of para-hydroxylation sites is 1. The molecule has 176 valence electrons. The fraction of sp³-hybridized carbons (Fsp3) is 0.286. The van der Waals surface area contributed by atoms with Crippen molar-refractivity contribution in [2.45, 2.75) is 20.3 Å². The van der Waals surface area contributed by atoms with Gasteiger partial charge in [-0.3, -0.25) is 9.69 Å². The van der Waals surface area contributed by atoms with E-state index in [0.717, 1.165) is 42.0 Å². The molecule has 0 saturated heterocycles. The summed E-state index contributed by atoms with van der Waals surface area (Å²) in [6, 6.07) is 24.2. The maximum Gasteiger partial charge on any atom is 0.260 e. The number of amides is 1. The number of nitrogens with zero attached hydrogens (tertiary/aromatic N) is 3. The van der Waals surface area contributed by atoms with Gasteiger partial charge in [0, 0.05) is 18.7 Å². The number of hydrogen-bond donors (Lipinski definition) is 0. The van der Waals surface area contributed by atoms with E-state index in [2.05, 4.69) is 30.9 Å². The third-order valence-corrected chi connectivity index (χ3v) is 7.10. The Morgan fingerprint density at radius 2 is 1.59 bits per heavy atom. The molecule has 0 radical (unpaired) electrons. The summed E-state index contributed by atoms with van der Waals surface area (Å²) >= 11 is 1.53. The molecule has 6 heteroatoms. The van der Waals surface area contributed by atoms with E-state index >= 15 is 0 Å². The first-order valence-electron chi connectivity index (χ1n) is 11.7. The van der Waals surface area contributed by atoms with Crippen molar-refractivity contribution in [2.24, 2.45) is 0 Å². The van der Waals surface area contributed by atoms with Gasteiger partial charge in [-0.25, -0.2) is 4.98 Å². The van der Waals surface area contributed by atoms with Gasteiger partial charge in [0.25, 0.3) is 5.91 Å². The number of aromatic nitrogens is 1. The van der Waals surface area contributed by atoms with Crippen molar-refractivity contribution in [2.75, 3.05) is 38.2 Å². The summed E-state index contributed by atoms with van der Waals surface area (Å²) in [6.45, 7) is 7.54. The molecule has 0 unspecified atom stereocenters. The van der Waals surface area contributed by atoms with Crippen LogP contribution < -0.4 is 9.64 Å². The van der Waals surface area contributed by atoms with Crippen LogP contribution in [0.2, 0.25) is 0 Å². The standard InChI is InChI=1S/C28H31N3O2S/c1-4-30(5-2)18-19-31(28-29-26-24(33-3)12-9-13-25(26)34-28)27(32)23-16-14-22(15-17-23)20-21-10-7-6-8-11-21/h6-17H,4-5,18-20H2,1-3H3. The molecule has 5 nitrogen and oxygen atoms in total. The van der Waals surface area contributed by atoms with Crippen molar-refractivity contribution in [3.8, 4) is 5.75 Å². The Labute approximate surface area is 205 Å². The molecule has 0 aliphatic heterocycles. The summed E-state index contributed by atoms with van der Waals surface area (Å²) < 4.78 is 6.50.